The lowest BCUT2D eigenvalue weighted by Crippen LogP contribution is -2.42. The molecule has 0 saturated heterocycles. The number of carbonyl (C=O) groups is 3. The molecule has 0 amide bonds. The number of benzene rings is 2. The first-order chi connectivity index (χ1) is 14.9. The fourth-order valence-corrected chi connectivity index (χ4v) is 3.97. The molecule has 2 atom stereocenters. The smallest absolute Gasteiger partial charge is 0.337 e. The van der Waals surface area contributed by atoms with Gasteiger partial charge in [-0.25, -0.2) is 14.4 Å². The number of rotatable bonds is 6. The van der Waals surface area contributed by atoms with Crippen molar-refractivity contribution in [1.82, 2.24) is 0 Å². The largest absolute Gasteiger partial charge is 0.466 e. The normalized spacial score (nSPS) is 18.0. The van der Waals surface area contributed by atoms with Crippen molar-refractivity contribution in [3.63, 3.8) is 0 Å². The van der Waals surface area contributed by atoms with Gasteiger partial charge in [0.05, 0.1) is 38.0 Å². The zero-order valence-corrected chi connectivity index (χ0v) is 18.9. The van der Waals surface area contributed by atoms with E-state index in [0.29, 0.717) is 11.3 Å². The van der Waals surface area contributed by atoms with Crippen molar-refractivity contribution in [1.29, 1.82) is 0 Å². The number of methoxy groups -OCH3 is 2. The molecular weight excluding hydrogens is 466 g/mol. The highest BCUT2D eigenvalue weighted by Gasteiger charge is 2.51. The van der Waals surface area contributed by atoms with E-state index in [4.69, 9.17) is 14.2 Å². The van der Waals surface area contributed by atoms with Crippen molar-refractivity contribution >= 4 is 39.5 Å². The van der Waals surface area contributed by atoms with E-state index in [1.807, 2.05) is 42.5 Å². The Hall–Kier alpha value is -3.13. The van der Waals surface area contributed by atoms with Crippen LogP contribution in [0.2, 0.25) is 0 Å². The second-order valence-corrected chi connectivity index (χ2v) is 7.58. The lowest BCUT2D eigenvalue weighted by atomic mass is 9.96. The Bertz CT molecular complexity index is 1000. The van der Waals surface area contributed by atoms with Crippen LogP contribution < -0.4 is 4.90 Å². The highest BCUT2D eigenvalue weighted by atomic mass is 79.9. The van der Waals surface area contributed by atoms with Crippen LogP contribution in [0.3, 0.4) is 0 Å². The van der Waals surface area contributed by atoms with Crippen LogP contribution >= 0.6 is 15.9 Å². The number of carbonyl (C=O) groups excluding carboxylic acids is 3. The molecule has 0 N–H and O–H groups in total. The first-order valence-corrected chi connectivity index (χ1v) is 10.4. The molecule has 1 heterocycles. The Morgan fingerprint density at radius 3 is 2.03 bits per heavy atom. The summed E-state index contributed by atoms with van der Waals surface area (Å²) in [6.45, 7) is 1.79. The third kappa shape index (κ3) is 4.34. The lowest BCUT2D eigenvalue weighted by molar-refractivity contribution is -0.146. The van der Waals surface area contributed by atoms with Gasteiger partial charge in [0.15, 0.2) is 6.04 Å². The summed E-state index contributed by atoms with van der Waals surface area (Å²) < 4.78 is 16.1. The molecule has 31 heavy (non-hydrogen) atoms. The zero-order valence-electron chi connectivity index (χ0n) is 17.3. The van der Waals surface area contributed by atoms with Gasteiger partial charge in [-0.05, 0) is 36.8 Å². The summed E-state index contributed by atoms with van der Waals surface area (Å²) in [5.74, 6) is -2.17. The molecule has 3 rings (SSSR count). The van der Waals surface area contributed by atoms with E-state index in [1.54, 1.807) is 24.0 Å². The van der Waals surface area contributed by atoms with Crippen LogP contribution in [0, 0.1) is 0 Å². The van der Waals surface area contributed by atoms with E-state index < -0.39 is 30.0 Å². The van der Waals surface area contributed by atoms with Gasteiger partial charge in [0.2, 0.25) is 0 Å². The van der Waals surface area contributed by atoms with Gasteiger partial charge in [-0.2, -0.15) is 0 Å². The van der Waals surface area contributed by atoms with Crippen LogP contribution in [0.5, 0.6) is 0 Å². The molecule has 0 spiro atoms. The predicted molar refractivity (Wildman–Crippen MR) is 117 cm³/mol. The molecule has 0 unspecified atom stereocenters. The van der Waals surface area contributed by atoms with Gasteiger partial charge in [-0.3, -0.25) is 0 Å². The quantitative estimate of drug-likeness (QED) is 0.454. The van der Waals surface area contributed by atoms with Gasteiger partial charge in [-0.15, -0.1) is 0 Å². The van der Waals surface area contributed by atoms with Gasteiger partial charge in [0.25, 0.3) is 0 Å². The van der Waals surface area contributed by atoms with Crippen molar-refractivity contribution in [3.05, 3.63) is 75.8 Å². The summed E-state index contributed by atoms with van der Waals surface area (Å²) in [7, 11) is 2.43. The average molecular weight is 488 g/mol. The molecule has 0 radical (unpaired) electrons. The van der Waals surface area contributed by atoms with Crippen molar-refractivity contribution in [2.45, 2.75) is 19.0 Å². The van der Waals surface area contributed by atoms with Crippen LogP contribution in [0.15, 0.2) is 70.2 Å². The first kappa shape index (κ1) is 22.6. The monoisotopic (exact) mass is 487 g/mol. The maximum absolute atomic E-state index is 13.1. The molecule has 1 aliphatic rings. The topological polar surface area (TPSA) is 82.1 Å². The van der Waals surface area contributed by atoms with Gasteiger partial charge >= 0.3 is 17.9 Å². The van der Waals surface area contributed by atoms with Crippen LogP contribution in [0.4, 0.5) is 5.69 Å². The minimum Gasteiger partial charge on any atom is -0.466 e. The van der Waals surface area contributed by atoms with E-state index in [-0.39, 0.29) is 17.8 Å². The Balaban J connectivity index is 2.33. The van der Waals surface area contributed by atoms with E-state index in [0.717, 1.165) is 4.47 Å². The van der Waals surface area contributed by atoms with Crippen molar-refractivity contribution < 1.29 is 28.6 Å². The minimum absolute atomic E-state index is 0.0404. The molecule has 0 fully saturated rings. The molecule has 1 aliphatic heterocycles. The predicted octanol–water partition coefficient (Wildman–Crippen LogP) is 3.58. The van der Waals surface area contributed by atoms with Crippen LogP contribution in [0.1, 0.15) is 18.5 Å². The Morgan fingerprint density at radius 1 is 0.903 bits per heavy atom. The summed E-state index contributed by atoms with van der Waals surface area (Å²) in [4.78, 5) is 40.5. The molecule has 2 aromatic carbocycles. The number of para-hydroxylation sites is 1. The second-order valence-electron chi connectivity index (χ2n) is 6.66. The molecule has 7 nitrogen and oxygen atoms in total. The molecule has 2 aromatic rings. The Morgan fingerprint density at radius 2 is 1.48 bits per heavy atom. The van der Waals surface area contributed by atoms with Gasteiger partial charge in [0.1, 0.15) is 0 Å². The number of halogens is 1. The Kier molecular flexibility index (Phi) is 7.12. The zero-order chi connectivity index (χ0) is 22.5. The lowest BCUT2D eigenvalue weighted by Gasteiger charge is -2.33. The average Bonchev–Trinajstić information content (AvgIpc) is 3.15. The van der Waals surface area contributed by atoms with Crippen molar-refractivity contribution in [2.24, 2.45) is 0 Å². The second kappa shape index (κ2) is 9.78. The third-order valence-electron chi connectivity index (χ3n) is 4.95. The summed E-state index contributed by atoms with van der Waals surface area (Å²) >= 11 is 3.41. The van der Waals surface area contributed by atoms with Gasteiger partial charge in [0, 0.05) is 10.2 Å². The van der Waals surface area contributed by atoms with E-state index in [9.17, 15) is 14.4 Å². The van der Waals surface area contributed by atoms with Crippen LogP contribution in [-0.2, 0) is 28.6 Å². The molecular formula is C23H22BrNO6. The number of hydrogen-bond acceptors (Lipinski definition) is 7. The third-order valence-corrected chi connectivity index (χ3v) is 5.48. The van der Waals surface area contributed by atoms with E-state index in [1.165, 1.54) is 14.2 Å². The first-order valence-electron chi connectivity index (χ1n) is 9.60. The van der Waals surface area contributed by atoms with Crippen molar-refractivity contribution in [2.75, 3.05) is 25.7 Å². The number of nitrogens with zero attached hydrogens (tertiary/aromatic N) is 1. The summed E-state index contributed by atoms with van der Waals surface area (Å²) in [6.07, 6.45) is 0. The van der Waals surface area contributed by atoms with Gasteiger partial charge < -0.3 is 19.1 Å². The number of hydrogen-bond donors (Lipinski definition) is 0. The fraction of sp³-hybridized carbons (Fsp3) is 0.261. The Labute approximate surface area is 188 Å². The van der Waals surface area contributed by atoms with Gasteiger partial charge in [-0.1, -0.05) is 46.3 Å². The summed E-state index contributed by atoms with van der Waals surface area (Å²) in [5, 5.41) is 0. The minimum atomic E-state index is -1.18. The summed E-state index contributed by atoms with van der Waals surface area (Å²) in [6, 6.07) is 14.4. The molecule has 162 valence electrons. The number of ether oxygens (including phenoxy) is 3. The SMILES string of the molecule is CCOC(=O)[C@H]1C(C(=O)OC)=C(C(=O)OC)[C@H](c2ccc(Br)cc2)N1c1ccccc1. The maximum Gasteiger partial charge on any atom is 0.337 e. The molecule has 0 aromatic heterocycles. The highest BCUT2D eigenvalue weighted by Crippen LogP contribution is 2.45. The van der Waals surface area contributed by atoms with Crippen molar-refractivity contribution in [3.8, 4) is 0 Å². The van der Waals surface area contributed by atoms with E-state index >= 15 is 0 Å². The van der Waals surface area contributed by atoms with Crippen LogP contribution in [0.25, 0.3) is 0 Å². The molecule has 0 aliphatic carbocycles. The molecule has 0 bridgehead atoms. The van der Waals surface area contributed by atoms with E-state index in [2.05, 4.69) is 15.9 Å². The standard InChI is InChI=1S/C23H22BrNO6/c1-4-31-23(28)20-18(22(27)30-3)17(21(26)29-2)19(14-10-12-15(24)13-11-14)25(20)16-8-6-5-7-9-16/h5-13,19-20H,4H2,1-3H3/t19-,20+/m0/s1. The van der Waals surface area contributed by atoms with Crippen LogP contribution in [-0.4, -0.2) is 44.8 Å². The molecule has 0 saturated carbocycles. The maximum atomic E-state index is 13.1. The summed E-state index contributed by atoms with van der Waals surface area (Å²) in [5.41, 5.74) is 1.28. The fourth-order valence-electron chi connectivity index (χ4n) is 3.71. The molecule has 8 heteroatoms. The number of anilines is 1. The number of esters is 3. The highest BCUT2D eigenvalue weighted by molar-refractivity contribution is 9.10.